The second-order valence-electron chi connectivity index (χ2n) is 12.2. The molecule has 0 saturated carbocycles. The highest BCUT2D eigenvalue weighted by atomic mass is 19.1. The number of imide groups is 2. The number of ether oxygens (including phenoxy) is 1. The van der Waals surface area contributed by atoms with Crippen LogP contribution < -0.4 is 5.32 Å². The minimum atomic E-state index is -1.88. The average molecular weight is 653 g/mol. The molecule has 48 heavy (non-hydrogen) atoms. The van der Waals surface area contributed by atoms with E-state index in [4.69, 9.17) is 4.74 Å². The van der Waals surface area contributed by atoms with Crippen molar-refractivity contribution >= 4 is 67.2 Å². The molecule has 3 aliphatic rings. The van der Waals surface area contributed by atoms with E-state index in [9.17, 15) is 43.3 Å². The van der Waals surface area contributed by atoms with E-state index >= 15 is 0 Å². The number of benzene rings is 4. The summed E-state index contributed by atoms with van der Waals surface area (Å²) in [6.45, 7) is -0.507. The molecule has 240 valence electrons. The zero-order valence-electron chi connectivity index (χ0n) is 24.4. The lowest BCUT2D eigenvalue weighted by molar-refractivity contribution is -0.243. The van der Waals surface area contributed by atoms with Crippen LogP contribution in [0.2, 0.25) is 0 Å². The number of fused-ring (bicyclic) bond motifs is 11. The molecule has 0 bridgehead atoms. The molecule has 12 nitrogen and oxygen atoms in total. The third kappa shape index (κ3) is 3.65. The zero-order chi connectivity index (χ0) is 33.3. The third-order valence-corrected chi connectivity index (χ3v) is 9.58. The van der Waals surface area contributed by atoms with Crippen LogP contribution in [0.4, 0.5) is 8.78 Å². The molecule has 0 aliphatic carbocycles. The van der Waals surface area contributed by atoms with Crippen molar-refractivity contribution in [2.45, 2.75) is 30.6 Å². The van der Waals surface area contributed by atoms with Crippen LogP contribution in [-0.4, -0.2) is 84.4 Å². The summed E-state index contributed by atoms with van der Waals surface area (Å²) >= 11 is 0. The van der Waals surface area contributed by atoms with Crippen LogP contribution in [0, 0.1) is 11.6 Å². The van der Waals surface area contributed by atoms with Crippen LogP contribution in [0.5, 0.6) is 0 Å². The van der Waals surface area contributed by atoms with Crippen molar-refractivity contribution < 1.29 is 48.0 Å². The van der Waals surface area contributed by atoms with Gasteiger partial charge in [0.05, 0.1) is 45.3 Å². The van der Waals surface area contributed by atoms with Crippen LogP contribution in [0.3, 0.4) is 0 Å². The zero-order valence-corrected chi connectivity index (χ0v) is 24.4. The molecule has 5 atom stereocenters. The summed E-state index contributed by atoms with van der Waals surface area (Å²) in [5, 5.41) is 37.1. The van der Waals surface area contributed by atoms with E-state index in [1.807, 2.05) is 0 Å². The van der Waals surface area contributed by atoms with Gasteiger partial charge in [-0.15, -0.1) is 0 Å². The normalized spacial score (nSPS) is 24.0. The Kier molecular flexibility index (Phi) is 5.82. The predicted octanol–water partition coefficient (Wildman–Crippen LogP) is 2.87. The molecule has 9 rings (SSSR count). The number of amides is 4. The monoisotopic (exact) mass is 652 g/mol. The fourth-order valence-electron chi connectivity index (χ4n) is 7.47. The van der Waals surface area contributed by atoms with Gasteiger partial charge in [-0.2, -0.15) is 0 Å². The maximum Gasteiger partial charge on any atom is 0.261 e. The Labute approximate surface area is 266 Å². The molecule has 5 heterocycles. The van der Waals surface area contributed by atoms with Crippen LogP contribution >= 0.6 is 0 Å². The topological polar surface area (TPSA) is 174 Å². The first-order valence-corrected chi connectivity index (χ1v) is 15.0. The largest absolute Gasteiger partial charge is 0.388 e. The Balaban J connectivity index is 1.30. The van der Waals surface area contributed by atoms with Crippen molar-refractivity contribution in [3.05, 3.63) is 94.6 Å². The fourth-order valence-corrected chi connectivity index (χ4v) is 7.47. The molecule has 0 unspecified atom stereocenters. The first-order valence-electron chi connectivity index (χ1n) is 15.0. The number of carbonyl (C=O) groups excluding carboxylic acids is 4. The Bertz CT molecular complexity index is 2450. The van der Waals surface area contributed by atoms with Gasteiger partial charge in [0.25, 0.3) is 23.6 Å². The first kappa shape index (κ1) is 28.7. The van der Waals surface area contributed by atoms with Crippen molar-refractivity contribution in [1.82, 2.24) is 19.8 Å². The summed E-state index contributed by atoms with van der Waals surface area (Å²) in [6.07, 6.45) is -8.55. The van der Waals surface area contributed by atoms with E-state index in [0.29, 0.717) is 5.39 Å². The first-order chi connectivity index (χ1) is 23.0. The molecule has 3 aliphatic heterocycles. The number of rotatable bonds is 3. The van der Waals surface area contributed by atoms with Crippen molar-refractivity contribution in [3.63, 3.8) is 0 Å². The summed E-state index contributed by atoms with van der Waals surface area (Å²) in [5.74, 6) is -3.98. The summed E-state index contributed by atoms with van der Waals surface area (Å²) in [4.78, 5) is 57.0. The van der Waals surface area contributed by atoms with Crippen molar-refractivity contribution in [2.75, 3.05) is 6.54 Å². The van der Waals surface area contributed by atoms with Crippen LogP contribution in [-0.2, 0) is 4.74 Å². The van der Waals surface area contributed by atoms with Gasteiger partial charge in [-0.05, 0) is 48.5 Å². The molecular weight excluding hydrogens is 630 g/mol. The van der Waals surface area contributed by atoms with Gasteiger partial charge in [-0.1, -0.05) is 12.1 Å². The molecule has 4 amide bonds. The molecule has 1 fully saturated rings. The summed E-state index contributed by atoms with van der Waals surface area (Å²) < 4.78 is 37.0. The van der Waals surface area contributed by atoms with E-state index in [1.54, 1.807) is 12.1 Å². The number of hydrogen-bond donors (Lipinski definition) is 5. The highest BCUT2D eigenvalue weighted by Gasteiger charge is 2.49. The van der Waals surface area contributed by atoms with Crippen LogP contribution in [0.15, 0.2) is 60.7 Å². The number of aromatic amines is 1. The number of H-pyrrole nitrogens is 1. The lowest BCUT2D eigenvalue weighted by Crippen LogP contribution is -2.58. The molecule has 4 aromatic carbocycles. The number of nitrogens with zero attached hydrogens (tertiary/aromatic N) is 2. The number of aromatic nitrogens is 2. The highest BCUT2D eigenvalue weighted by molar-refractivity contribution is 6.39. The van der Waals surface area contributed by atoms with Gasteiger partial charge in [-0.3, -0.25) is 29.4 Å². The van der Waals surface area contributed by atoms with Gasteiger partial charge >= 0.3 is 0 Å². The SMILES string of the molecule is O=C1NC(=O)c2c1c1c3ccc(F)cc3[nH]c1c1c2c2ccc(F)cc2n1[C@@H]1O[C@H](CN2C(=O)c3ccccc3C2=O)[C@@H](O)[C@H](O)[C@H]1O. The van der Waals surface area contributed by atoms with Gasteiger partial charge in [0, 0.05) is 27.1 Å². The lowest BCUT2D eigenvalue weighted by Gasteiger charge is -2.42. The van der Waals surface area contributed by atoms with Gasteiger partial charge in [0.15, 0.2) is 6.23 Å². The van der Waals surface area contributed by atoms with Gasteiger partial charge < -0.3 is 29.6 Å². The number of aliphatic hydroxyl groups is 3. The fraction of sp³-hybridized carbons (Fsp3) is 0.176. The highest BCUT2D eigenvalue weighted by Crippen LogP contribution is 2.46. The maximum atomic E-state index is 15.0. The summed E-state index contributed by atoms with van der Waals surface area (Å²) in [5.41, 5.74) is 1.04. The number of hydrogen-bond acceptors (Lipinski definition) is 8. The number of nitrogens with one attached hydrogen (secondary N) is 2. The Hall–Kier alpha value is -5.54. The second kappa shape index (κ2) is 9.74. The standard InChI is InChI=1S/C34H22F2N4O8/c35-12-5-7-16-18(9-12)37-25-21(16)23-24(31(45)38-30(23)44)22-17-8-6-13(36)10-19(17)40(26(22)25)34-29(43)28(42)27(41)20(48-34)11-39-32(46)14-3-1-2-4-15(14)33(39)47/h1-10,20,27-29,34,37,41-43H,11H2,(H,38,44,45)/t20-,27-,28+,29-,34-/m1/s1. The lowest BCUT2D eigenvalue weighted by atomic mass is 9.96. The maximum absolute atomic E-state index is 15.0. The average Bonchev–Trinajstić information content (AvgIpc) is 3.76. The Morgan fingerprint density at radius 1 is 0.750 bits per heavy atom. The Morgan fingerprint density at radius 2 is 1.38 bits per heavy atom. The van der Waals surface area contributed by atoms with Gasteiger partial charge in [0.1, 0.15) is 36.1 Å². The van der Waals surface area contributed by atoms with E-state index in [0.717, 1.165) is 17.0 Å². The second-order valence-corrected chi connectivity index (χ2v) is 12.2. The third-order valence-electron chi connectivity index (χ3n) is 9.58. The molecule has 14 heteroatoms. The number of halogens is 2. The quantitative estimate of drug-likeness (QED) is 0.182. The van der Waals surface area contributed by atoms with Crippen LogP contribution in [0.1, 0.15) is 47.7 Å². The van der Waals surface area contributed by atoms with Crippen molar-refractivity contribution in [3.8, 4) is 0 Å². The Morgan fingerprint density at radius 3 is 2.06 bits per heavy atom. The van der Waals surface area contributed by atoms with Crippen LogP contribution in [0.25, 0.3) is 43.6 Å². The number of aliphatic hydroxyl groups excluding tert-OH is 3. The molecule has 0 spiro atoms. The molecule has 0 radical (unpaired) electrons. The number of carbonyl (C=O) groups is 4. The van der Waals surface area contributed by atoms with E-state index in [-0.39, 0.29) is 60.5 Å². The summed E-state index contributed by atoms with van der Waals surface area (Å²) in [6, 6.07) is 13.7. The molecule has 1 saturated heterocycles. The minimum Gasteiger partial charge on any atom is -0.388 e. The smallest absolute Gasteiger partial charge is 0.261 e. The summed E-state index contributed by atoms with van der Waals surface area (Å²) in [7, 11) is 0. The van der Waals surface area contributed by atoms with E-state index in [1.165, 1.54) is 41.0 Å². The predicted molar refractivity (Wildman–Crippen MR) is 164 cm³/mol. The van der Waals surface area contributed by atoms with Crippen molar-refractivity contribution in [2.24, 2.45) is 0 Å². The van der Waals surface area contributed by atoms with Gasteiger partial charge in [-0.25, -0.2) is 8.78 Å². The van der Waals surface area contributed by atoms with E-state index < -0.39 is 72.5 Å². The minimum absolute atomic E-state index is 0.0211. The molecule has 5 N–H and O–H groups in total. The molecule has 6 aromatic rings. The van der Waals surface area contributed by atoms with Gasteiger partial charge in [0.2, 0.25) is 0 Å². The molecule has 2 aromatic heterocycles. The molecular formula is C34H22F2N4O8. The van der Waals surface area contributed by atoms with Crippen molar-refractivity contribution in [1.29, 1.82) is 0 Å². The van der Waals surface area contributed by atoms with E-state index in [2.05, 4.69) is 10.3 Å².